The Hall–Kier alpha value is -4.72. The van der Waals surface area contributed by atoms with Gasteiger partial charge in [-0.05, 0) is 49.4 Å². The second-order valence-corrected chi connectivity index (χ2v) is 8.11. The molecule has 36 heavy (non-hydrogen) atoms. The van der Waals surface area contributed by atoms with Crippen LogP contribution in [0.3, 0.4) is 0 Å². The highest BCUT2D eigenvalue weighted by molar-refractivity contribution is 6.12. The Balaban J connectivity index is 1.45. The van der Waals surface area contributed by atoms with E-state index in [-0.39, 0.29) is 17.3 Å². The molecule has 0 bridgehead atoms. The van der Waals surface area contributed by atoms with E-state index in [9.17, 15) is 9.59 Å². The van der Waals surface area contributed by atoms with E-state index in [0.29, 0.717) is 45.2 Å². The molecule has 182 valence electrons. The van der Waals surface area contributed by atoms with Crippen molar-refractivity contribution in [1.29, 1.82) is 0 Å². The SMILES string of the molecule is COc1ccc(OC)c(C(=O)c2oc3cc(NC(=O)c4cc5cccc(OC)c5o4)ccc3c2C)c1. The highest BCUT2D eigenvalue weighted by Crippen LogP contribution is 2.33. The first-order valence-electron chi connectivity index (χ1n) is 11.1. The molecule has 2 aromatic heterocycles. The lowest BCUT2D eigenvalue weighted by atomic mass is 10.0. The van der Waals surface area contributed by atoms with Crippen LogP contribution in [0.2, 0.25) is 0 Å². The lowest BCUT2D eigenvalue weighted by Crippen LogP contribution is -2.10. The van der Waals surface area contributed by atoms with Gasteiger partial charge in [-0.2, -0.15) is 0 Å². The van der Waals surface area contributed by atoms with Gasteiger partial charge in [0.25, 0.3) is 5.91 Å². The molecule has 0 aliphatic heterocycles. The standard InChI is InChI=1S/C28H23NO7/c1-15-19-10-8-17(29-28(31)24-12-16-6-5-7-22(34-4)27(16)36-24)13-23(19)35-26(15)25(30)20-14-18(32-2)9-11-21(20)33-3/h5-14H,1-4H3,(H,29,31). The van der Waals surface area contributed by atoms with Gasteiger partial charge in [0.2, 0.25) is 5.78 Å². The first-order chi connectivity index (χ1) is 17.4. The first-order valence-corrected chi connectivity index (χ1v) is 11.1. The Kier molecular flexibility index (Phi) is 5.85. The fourth-order valence-corrected chi connectivity index (χ4v) is 4.14. The third-order valence-corrected chi connectivity index (χ3v) is 6.01. The molecule has 8 nitrogen and oxygen atoms in total. The van der Waals surface area contributed by atoms with E-state index in [4.69, 9.17) is 23.0 Å². The molecule has 5 aromatic rings. The van der Waals surface area contributed by atoms with Crippen LogP contribution in [0.4, 0.5) is 5.69 Å². The van der Waals surface area contributed by atoms with Gasteiger partial charge in [0, 0.05) is 28.1 Å². The van der Waals surface area contributed by atoms with Gasteiger partial charge in [0.1, 0.15) is 17.1 Å². The molecule has 0 unspecified atom stereocenters. The Morgan fingerprint density at radius 1 is 0.833 bits per heavy atom. The van der Waals surface area contributed by atoms with E-state index in [0.717, 1.165) is 10.8 Å². The minimum absolute atomic E-state index is 0.145. The number of rotatable bonds is 7. The van der Waals surface area contributed by atoms with Crippen molar-refractivity contribution in [2.45, 2.75) is 6.92 Å². The molecule has 0 radical (unpaired) electrons. The third-order valence-electron chi connectivity index (χ3n) is 6.01. The van der Waals surface area contributed by atoms with Gasteiger partial charge in [0.05, 0.1) is 26.9 Å². The van der Waals surface area contributed by atoms with Crippen LogP contribution in [-0.2, 0) is 0 Å². The first kappa shape index (κ1) is 23.0. The van der Waals surface area contributed by atoms with Crippen molar-refractivity contribution in [1.82, 2.24) is 0 Å². The molecule has 0 spiro atoms. The van der Waals surface area contributed by atoms with Crippen molar-refractivity contribution in [3.63, 3.8) is 0 Å². The molecular weight excluding hydrogens is 462 g/mol. The van der Waals surface area contributed by atoms with Gasteiger partial charge in [-0.15, -0.1) is 0 Å². The number of benzene rings is 3. The van der Waals surface area contributed by atoms with Crippen LogP contribution in [0, 0.1) is 6.92 Å². The van der Waals surface area contributed by atoms with Crippen molar-refractivity contribution in [3.05, 3.63) is 83.3 Å². The summed E-state index contributed by atoms with van der Waals surface area (Å²) in [6, 6.07) is 17.3. The largest absolute Gasteiger partial charge is 0.497 e. The number of amides is 1. The number of furan rings is 2. The van der Waals surface area contributed by atoms with Crippen LogP contribution in [0.5, 0.6) is 17.2 Å². The molecule has 1 N–H and O–H groups in total. The topological polar surface area (TPSA) is 100 Å². The van der Waals surface area contributed by atoms with Crippen LogP contribution in [0.1, 0.15) is 32.2 Å². The number of para-hydroxylation sites is 1. The average Bonchev–Trinajstić information content (AvgIpc) is 3.49. The molecule has 0 atom stereocenters. The molecule has 0 fully saturated rings. The third kappa shape index (κ3) is 3.92. The lowest BCUT2D eigenvalue weighted by molar-refractivity contribution is 0.0994. The molecule has 0 aliphatic rings. The van der Waals surface area contributed by atoms with E-state index in [1.807, 2.05) is 19.1 Å². The van der Waals surface area contributed by atoms with Crippen LogP contribution in [0.25, 0.3) is 21.9 Å². The van der Waals surface area contributed by atoms with Crippen molar-refractivity contribution < 1.29 is 32.6 Å². The highest BCUT2D eigenvalue weighted by atomic mass is 16.5. The number of hydrogen-bond acceptors (Lipinski definition) is 7. The van der Waals surface area contributed by atoms with E-state index in [2.05, 4.69) is 5.32 Å². The van der Waals surface area contributed by atoms with Crippen molar-refractivity contribution in [3.8, 4) is 17.2 Å². The summed E-state index contributed by atoms with van der Waals surface area (Å²) < 4.78 is 27.6. The summed E-state index contributed by atoms with van der Waals surface area (Å²) in [6.07, 6.45) is 0. The van der Waals surface area contributed by atoms with E-state index >= 15 is 0 Å². The maximum Gasteiger partial charge on any atom is 0.291 e. The number of carbonyl (C=O) groups is 2. The monoisotopic (exact) mass is 485 g/mol. The summed E-state index contributed by atoms with van der Waals surface area (Å²) >= 11 is 0. The number of fused-ring (bicyclic) bond motifs is 2. The summed E-state index contributed by atoms with van der Waals surface area (Å²) in [5.74, 6) is 1.06. The minimum atomic E-state index is -0.423. The summed E-state index contributed by atoms with van der Waals surface area (Å²) in [7, 11) is 4.57. The van der Waals surface area contributed by atoms with Gasteiger partial charge in [-0.25, -0.2) is 0 Å². The number of ether oxygens (including phenoxy) is 3. The minimum Gasteiger partial charge on any atom is -0.497 e. The van der Waals surface area contributed by atoms with E-state index < -0.39 is 5.91 Å². The summed E-state index contributed by atoms with van der Waals surface area (Å²) in [5, 5.41) is 4.33. The summed E-state index contributed by atoms with van der Waals surface area (Å²) in [4.78, 5) is 26.2. The summed E-state index contributed by atoms with van der Waals surface area (Å²) in [6.45, 7) is 1.81. The average molecular weight is 485 g/mol. The van der Waals surface area contributed by atoms with Gasteiger partial charge in [-0.3, -0.25) is 9.59 Å². The molecule has 0 saturated heterocycles. The molecule has 5 rings (SSSR count). The molecule has 2 heterocycles. The Bertz CT molecular complexity index is 1630. The quantitative estimate of drug-likeness (QED) is 0.282. The number of methoxy groups -OCH3 is 3. The second kappa shape index (κ2) is 9.14. The number of hydrogen-bond donors (Lipinski definition) is 1. The molecule has 1 amide bonds. The number of nitrogens with one attached hydrogen (secondary N) is 1. The lowest BCUT2D eigenvalue weighted by Gasteiger charge is -2.08. The van der Waals surface area contributed by atoms with Crippen LogP contribution >= 0.6 is 0 Å². The maximum absolute atomic E-state index is 13.3. The zero-order valence-corrected chi connectivity index (χ0v) is 20.1. The van der Waals surface area contributed by atoms with Gasteiger partial charge in [0.15, 0.2) is 22.9 Å². The molecule has 8 heteroatoms. The fraction of sp³-hybridized carbons (Fsp3) is 0.143. The van der Waals surface area contributed by atoms with E-state index in [1.54, 1.807) is 55.6 Å². The van der Waals surface area contributed by atoms with Crippen molar-refractivity contribution >= 4 is 39.3 Å². The second-order valence-electron chi connectivity index (χ2n) is 8.11. The molecule has 3 aromatic carbocycles. The number of ketones is 1. The van der Waals surface area contributed by atoms with Gasteiger partial charge < -0.3 is 28.4 Å². The Morgan fingerprint density at radius 2 is 1.64 bits per heavy atom. The van der Waals surface area contributed by atoms with Crippen LogP contribution in [0.15, 0.2) is 69.5 Å². The van der Waals surface area contributed by atoms with Crippen LogP contribution in [-0.4, -0.2) is 33.0 Å². The maximum atomic E-state index is 13.3. The van der Waals surface area contributed by atoms with Crippen molar-refractivity contribution in [2.24, 2.45) is 0 Å². The highest BCUT2D eigenvalue weighted by Gasteiger charge is 2.23. The van der Waals surface area contributed by atoms with Crippen LogP contribution < -0.4 is 19.5 Å². The normalized spacial score (nSPS) is 11.0. The summed E-state index contributed by atoms with van der Waals surface area (Å²) in [5.41, 5.74) is 2.46. The van der Waals surface area contributed by atoms with E-state index in [1.165, 1.54) is 14.2 Å². The van der Waals surface area contributed by atoms with Gasteiger partial charge in [-0.1, -0.05) is 12.1 Å². The molecular formula is C28H23NO7. The van der Waals surface area contributed by atoms with Gasteiger partial charge >= 0.3 is 0 Å². The Labute approximate surface area is 206 Å². The molecule has 0 saturated carbocycles. The zero-order valence-electron chi connectivity index (χ0n) is 20.1. The predicted molar refractivity (Wildman–Crippen MR) is 135 cm³/mol. The fourth-order valence-electron chi connectivity index (χ4n) is 4.14. The molecule has 0 aliphatic carbocycles. The Morgan fingerprint density at radius 3 is 2.39 bits per heavy atom. The number of anilines is 1. The zero-order chi connectivity index (χ0) is 25.4. The van der Waals surface area contributed by atoms with Crippen molar-refractivity contribution in [2.75, 3.05) is 26.6 Å². The number of carbonyl (C=O) groups excluding carboxylic acids is 2. The number of aryl methyl sites for hydroxylation is 1. The predicted octanol–water partition coefficient (Wildman–Crippen LogP) is 6.00. The smallest absolute Gasteiger partial charge is 0.291 e.